The van der Waals surface area contributed by atoms with Crippen molar-refractivity contribution in [3.63, 3.8) is 0 Å². The fourth-order valence-electron chi connectivity index (χ4n) is 2.35. The molecule has 0 aliphatic carbocycles. The number of rotatable bonds is 6. The van der Waals surface area contributed by atoms with Gasteiger partial charge in [-0.1, -0.05) is 13.3 Å². The third-order valence-corrected chi connectivity index (χ3v) is 3.81. The molecule has 1 rings (SSSR count). The van der Waals surface area contributed by atoms with Gasteiger partial charge in [0.2, 0.25) is 11.8 Å². The zero-order chi connectivity index (χ0) is 15.1. The molecule has 2 amide bonds. The fourth-order valence-corrected chi connectivity index (χ4v) is 2.35. The van der Waals surface area contributed by atoms with Gasteiger partial charge in [-0.05, 0) is 26.6 Å². The first kappa shape index (κ1) is 16.9. The van der Waals surface area contributed by atoms with Crippen LogP contribution in [0.2, 0.25) is 0 Å². The molecule has 1 aliphatic rings. The van der Waals surface area contributed by atoms with Crippen LogP contribution in [0.3, 0.4) is 0 Å². The first-order valence-electron chi connectivity index (χ1n) is 7.38. The van der Waals surface area contributed by atoms with E-state index in [1.165, 1.54) is 0 Å². The second kappa shape index (κ2) is 8.21. The Bertz CT molecular complexity index is 321. The summed E-state index contributed by atoms with van der Waals surface area (Å²) in [5.74, 6) is 0.577. The van der Waals surface area contributed by atoms with Gasteiger partial charge in [0, 0.05) is 32.6 Å². The van der Waals surface area contributed by atoms with Gasteiger partial charge in [0.15, 0.2) is 0 Å². The second-order valence-corrected chi connectivity index (χ2v) is 5.71. The Morgan fingerprint density at radius 3 is 2.00 bits per heavy atom. The zero-order valence-corrected chi connectivity index (χ0v) is 13.0. The smallest absolute Gasteiger partial charge is 0.236 e. The van der Waals surface area contributed by atoms with E-state index in [0.29, 0.717) is 45.7 Å². The Kier molecular flexibility index (Phi) is 6.95. The van der Waals surface area contributed by atoms with Crippen LogP contribution in [-0.2, 0) is 9.59 Å². The summed E-state index contributed by atoms with van der Waals surface area (Å²) in [5, 5.41) is 0. The molecule has 0 aromatic heterocycles. The number of nitrogens with zero attached hydrogens (tertiary/aromatic N) is 3. The van der Waals surface area contributed by atoms with Gasteiger partial charge in [-0.3, -0.25) is 9.59 Å². The average molecular weight is 284 g/mol. The molecule has 1 heterocycles. The van der Waals surface area contributed by atoms with Crippen LogP contribution in [0.25, 0.3) is 0 Å². The molecule has 0 bridgehead atoms. The van der Waals surface area contributed by atoms with E-state index in [-0.39, 0.29) is 17.7 Å². The van der Waals surface area contributed by atoms with Crippen molar-refractivity contribution in [3.8, 4) is 0 Å². The second-order valence-electron chi connectivity index (χ2n) is 5.71. The normalized spacial score (nSPS) is 17.4. The van der Waals surface area contributed by atoms with Crippen LogP contribution in [0.15, 0.2) is 0 Å². The SMILES string of the molecule is CCC(CN)CC(=O)N1CCN(C(=O)CN(C)C)CC1. The summed E-state index contributed by atoms with van der Waals surface area (Å²) in [6.45, 7) is 5.60. The van der Waals surface area contributed by atoms with Gasteiger partial charge in [0.05, 0.1) is 6.54 Å². The third-order valence-electron chi connectivity index (χ3n) is 3.81. The van der Waals surface area contributed by atoms with E-state index in [4.69, 9.17) is 5.73 Å². The van der Waals surface area contributed by atoms with Crippen molar-refractivity contribution in [2.45, 2.75) is 19.8 Å². The topological polar surface area (TPSA) is 69.9 Å². The summed E-state index contributed by atoms with van der Waals surface area (Å²) >= 11 is 0. The lowest BCUT2D eigenvalue weighted by molar-refractivity contribution is -0.140. The number of hydrogen-bond donors (Lipinski definition) is 1. The minimum atomic E-state index is 0.135. The fraction of sp³-hybridized carbons (Fsp3) is 0.857. The number of carbonyl (C=O) groups excluding carboxylic acids is 2. The predicted molar refractivity (Wildman–Crippen MR) is 79.2 cm³/mol. The Morgan fingerprint density at radius 1 is 1.10 bits per heavy atom. The van der Waals surface area contributed by atoms with Crippen LogP contribution >= 0.6 is 0 Å². The average Bonchev–Trinajstić information content (AvgIpc) is 2.43. The highest BCUT2D eigenvalue weighted by Gasteiger charge is 2.25. The van der Waals surface area contributed by atoms with E-state index in [9.17, 15) is 9.59 Å². The maximum absolute atomic E-state index is 12.1. The van der Waals surface area contributed by atoms with Crippen molar-refractivity contribution in [2.75, 3.05) is 53.4 Å². The summed E-state index contributed by atoms with van der Waals surface area (Å²) in [6, 6.07) is 0. The molecular weight excluding hydrogens is 256 g/mol. The lowest BCUT2D eigenvalue weighted by Gasteiger charge is -2.35. The van der Waals surface area contributed by atoms with Gasteiger partial charge in [-0.25, -0.2) is 0 Å². The van der Waals surface area contributed by atoms with E-state index < -0.39 is 0 Å². The molecule has 0 aromatic rings. The van der Waals surface area contributed by atoms with Gasteiger partial charge in [-0.2, -0.15) is 0 Å². The molecule has 0 spiro atoms. The minimum absolute atomic E-state index is 0.135. The maximum Gasteiger partial charge on any atom is 0.236 e. The standard InChI is InChI=1S/C14H28N4O2/c1-4-12(10-15)9-13(19)17-5-7-18(8-6-17)14(20)11-16(2)3/h12H,4-11,15H2,1-3H3. The molecule has 0 saturated carbocycles. The van der Waals surface area contributed by atoms with E-state index in [1.807, 2.05) is 28.8 Å². The lowest BCUT2D eigenvalue weighted by atomic mass is 10.0. The predicted octanol–water partition coefficient (Wildman–Crippen LogP) is -0.406. The van der Waals surface area contributed by atoms with Crippen molar-refractivity contribution in [2.24, 2.45) is 11.7 Å². The first-order valence-corrected chi connectivity index (χ1v) is 7.38. The third kappa shape index (κ3) is 5.09. The van der Waals surface area contributed by atoms with E-state index in [0.717, 1.165) is 6.42 Å². The van der Waals surface area contributed by atoms with E-state index in [1.54, 1.807) is 0 Å². The van der Waals surface area contributed by atoms with Crippen LogP contribution in [0.4, 0.5) is 0 Å². The molecule has 2 N–H and O–H groups in total. The molecule has 1 saturated heterocycles. The summed E-state index contributed by atoms with van der Waals surface area (Å²) in [7, 11) is 3.77. The van der Waals surface area contributed by atoms with E-state index in [2.05, 4.69) is 6.92 Å². The molecule has 0 aromatic carbocycles. The molecule has 1 atom stereocenters. The Morgan fingerprint density at radius 2 is 1.60 bits per heavy atom. The zero-order valence-electron chi connectivity index (χ0n) is 13.0. The number of amides is 2. The van der Waals surface area contributed by atoms with E-state index >= 15 is 0 Å². The van der Waals surface area contributed by atoms with Crippen molar-refractivity contribution >= 4 is 11.8 Å². The monoisotopic (exact) mass is 284 g/mol. The van der Waals surface area contributed by atoms with Gasteiger partial charge in [0.25, 0.3) is 0 Å². The van der Waals surface area contributed by atoms with Crippen LogP contribution in [-0.4, -0.2) is 79.9 Å². The number of nitrogens with two attached hydrogens (primary N) is 1. The minimum Gasteiger partial charge on any atom is -0.339 e. The molecule has 116 valence electrons. The lowest BCUT2D eigenvalue weighted by Crippen LogP contribution is -2.52. The number of hydrogen-bond acceptors (Lipinski definition) is 4. The summed E-state index contributed by atoms with van der Waals surface area (Å²) < 4.78 is 0. The van der Waals surface area contributed by atoms with Crippen molar-refractivity contribution < 1.29 is 9.59 Å². The molecule has 6 nitrogen and oxygen atoms in total. The summed E-state index contributed by atoms with van der Waals surface area (Å²) in [5.41, 5.74) is 5.64. The van der Waals surface area contributed by atoms with Gasteiger partial charge in [0.1, 0.15) is 0 Å². The van der Waals surface area contributed by atoms with Crippen molar-refractivity contribution in [1.29, 1.82) is 0 Å². The van der Waals surface area contributed by atoms with Crippen LogP contribution in [0.1, 0.15) is 19.8 Å². The largest absolute Gasteiger partial charge is 0.339 e. The van der Waals surface area contributed by atoms with Crippen LogP contribution in [0, 0.1) is 5.92 Å². The molecule has 6 heteroatoms. The highest BCUT2D eigenvalue weighted by molar-refractivity contribution is 5.79. The number of carbonyl (C=O) groups is 2. The highest BCUT2D eigenvalue weighted by Crippen LogP contribution is 2.11. The Balaban J connectivity index is 2.38. The van der Waals surface area contributed by atoms with Crippen LogP contribution in [0.5, 0.6) is 0 Å². The van der Waals surface area contributed by atoms with Gasteiger partial charge < -0.3 is 20.4 Å². The quantitative estimate of drug-likeness (QED) is 0.720. The van der Waals surface area contributed by atoms with Crippen molar-refractivity contribution in [3.05, 3.63) is 0 Å². The van der Waals surface area contributed by atoms with Crippen molar-refractivity contribution in [1.82, 2.24) is 14.7 Å². The maximum atomic E-state index is 12.1. The highest BCUT2D eigenvalue weighted by atomic mass is 16.2. The summed E-state index contributed by atoms with van der Waals surface area (Å²) in [6.07, 6.45) is 1.46. The molecule has 1 aliphatic heterocycles. The Hall–Kier alpha value is -1.14. The molecule has 1 fully saturated rings. The first-order chi connectivity index (χ1) is 9.47. The number of likely N-dealkylation sites (N-methyl/N-ethyl adjacent to an activating group) is 1. The Labute approximate surface area is 121 Å². The molecule has 0 radical (unpaired) electrons. The van der Waals surface area contributed by atoms with Crippen LogP contribution < -0.4 is 5.73 Å². The number of piperazine rings is 1. The molecular formula is C14H28N4O2. The molecule has 1 unspecified atom stereocenters. The summed E-state index contributed by atoms with van der Waals surface area (Å²) in [4.78, 5) is 29.6. The van der Waals surface area contributed by atoms with Gasteiger partial charge in [-0.15, -0.1) is 0 Å². The van der Waals surface area contributed by atoms with Gasteiger partial charge >= 0.3 is 0 Å². The molecule has 20 heavy (non-hydrogen) atoms.